The molecule has 2 aromatic heterocycles. The third-order valence-electron chi connectivity index (χ3n) is 4.82. The monoisotopic (exact) mass is 385 g/mol. The molecule has 6 heteroatoms. The van der Waals surface area contributed by atoms with Crippen molar-refractivity contribution in [2.24, 2.45) is 0 Å². The van der Waals surface area contributed by atoms with Crippen LogP contribution in [-0.2, 0) is 17.8 Å². The summed E-state index contributed by atoms with van der Waals surface area (Å²) in [4.78, 5) is 22.9. The van der Waals surface area contributed by atoms with Gasteiger partial charge < -0.3 is 4.90 Å². The van der Waals surface area contributed by atoms with Crippen molar-refractivity contribution in [1.29, 1.82) is 0 Å². The molecule has 0 aliphatic carbocycles. The molecule has 0 bridgehead atoms. The lowest BCUT2D eigenvalue weighted by Crippen LogP contribution is -2.48. The van der Waals surface area contributed by atoms with E-state index in [1.807, 2.05) is 11.0 Å². The van der Waals surface area contributed by atoms with Crippen LogP contribution in [0.5, 0.6) is 0 Å². The molecule has 3 heterocycles. The van der Waals surface area contributed by atoms with E-state index in [4.69, 9.17) is 4.98 Å². The first kappa shape index (κ1) is 17.6. The Kier molecular flexibility index (Phi) is 5.62. The number of thiophene rings is 1. The van der Waals surface area contributed by atoms with E-state index in [0.717, 1.165) is 51.1 Å². The zero-order valence-corrected chi connectivity index (χ0v) is 16.4. The zero-order chi connectivity index (χ0) is 17.8. The Balaban J connectivity index is 1.22. The van der Waals surface area contributed by atoms with Gasteiger partial charge in [-0.3, -0.25) is 9.69 Å². The van der Waals surface area contributed by atoms with Crippen molar-refractivity contribution in [2.75, 3.05) is 26.2 Å². The van der Waals surface area contributed by atoms with Crippen molar-refractivity contribution < 1.29 is 4.79 Å². The number of benzene rings is 1. The number of aryl methyl sites for hydroxylation is 1. The summed E-state index contributed by atoms with van der Waals surface area (Å²) in [5, 5.41) is 3.27. The van der Waals surface area contributed by atoms with Crippen molar-refractivity contribution >= 4 is 38.8 Å². The number of rotatable bonds is 6. The Hall–Kier alpha value is -1.76. The van der Waals surface area contributed by atoms with Crippen LogP contribution in [0.4, 0.5) is 0 Å². The fraction of sp³-hybridized carbons (Fsp3) is 0.400. The highest BCUT2D eigenvalue weighted by atomic mass is 32.1. The Bertz CT molecular complexity index is 818. The Morgan fingerprint density at radius 1 is 1.08 bits per heavy atom. The number of nitrogens with zero attached hydrogens (tertiary/aromatic N) is 3. The van der Waals surface area contributed by atoms with E-state index in [1.54, 1.807) is 22.7 Å². The maximum absolute atomic E-state index is 12.4. The average molecular weight is 386 g/mol. The molecule has 3 aromatic rings. The van der Waals surface area contributed by atoms with Gasteiger partial charge in [0.05, 0.1) is 16.8 Å². The van der Waals surface area contributed by atoms with E-state index in [1.165, 1.54) is 14.6 Å². The number of thiazole rings is 1. The van der Waals surface area contributed by atoms with Crippen LogP contribution in [0.15, 0.2) is 41.8 Å². The van der Waals surface area contributed by atoms with Crippen molar-refractivity contribution in [3.8, 4) is 0 Å². The van der Waals surface area contributed by atoms with Gasteiger partial charge in [0.15, 0.2) is 0 Å². The summed E-state index contributed by atoms with van der Waals surface area (Å²) in [6.45, 7) is 4.43. The summed E-state index contributed by atoms with van der Waals surface area (Å²) < 4.78 is 1.25. The van der Waals surface area contributed by atoms with Gasteiger partial charge >= 0.3 is 0 Å². The molecule has 0 radical (unpaired) electrons. The van der Waals surface area contributed by atoms with Gasteiger partial charge in [-0.2, -0.15) is 0 Å². The molecule has 0 saturated carbocycles. The van der Waals surface area contributed by atoms with Crippen molar-refractivity contribution in [1.82, 2.24) is 14.8 Å². The van der Waals surface area contributed by atoms with Gasteiger partial charge in [0.1, 0.15) is 5.01 Å². The molecule has 1 aliphatic heterocycles. The highest BCUT2D eigenvalue weighted by Gasteiger charge is 2.21. The number of para-hydroxylation sites is 1. The lowest BCUT2D eigenvalue weighted by molar-refractivity contribution is -0.133. The number of hydrogen-bond donors (Lipinski definition) is 0. The molecule has 1 fully saturated rings. The van der Waals surface area contributed by atoms with Crippen LogP contribution in [0.3, 0.4) is 0 Å². The Morgan fingerprint density at radius 2 is 1.92 bits per heavy atom. The molecule has 1 amide bonds. The van der Waals surface area contributed by atoms with E-state index in [0.29, 0.717) is 12.3 Å². The number of carbonyl (C=O) groups excluding carboxylic acids is 1. The molecule has 4 rings (SSSR count). The molecule has 1 aliphatic rings. The van der Waals surface area contributed by atoms with E-state index in [2.05, 4.69) is 40.6 Å². The van der Waals surface area contributed by atoms with Crippen molar-refractivity contribution in [2.45, 2.75) is 25.8 Å². The predicted molar refractivity (Wildman–Crippen MR) is 109 cm³/mol. The lowest BCUT2D eigenvalue weighted by Gasteiger charge is -2.34. The van der Waals surface area contributed by atoms with Crippen LogP contribution in [0.2, 0.25) is 0 Å². The first-order valence-corrected chi connectivity index (χ1v) is 10.8. The molecule has 1 saturated heterocycles. The molecule has 0 atom stereocenters. The number of hydrogen-bond acceptors (Lipinski definition) is 5. The van der Waals surface area contributed by atoms with Gasteiger partial charge in [0.2, 0.25) is 5.91 Å². The minimum atomic E-state index is 0.307. The minimum absolute atomic E-state index is 0.307. The van der Waals surface area contributed by atoms with Crippen LogP contribution >= 0.6 is 22.7 Å². The van der Waals surface area contributed by atoms with Gasteiger partial charge in [0, 0.05) is 37.5 Å². The SMILES string of the molecule is O=C(CCCc1cccs1)N1CCN(Cc2nc3ccccc3s2)CC1. The lowest BCUT2D eigenvalue weighted by atomic mass is 10.2. The second kappa shape index (κ2) is 8.29. The number of fused-ring (bicyclic) bond motifs is 1. The van der Waals surface area contributed by atoms with E-state index < -0.39 is 0 Å². The number of carbonyl (C=O) groups is 1. The van der Waals surface area contributed by atoms with Crippen LogP contribution < -0.4 is 0 Å². The van der Waals surface area contributed by atoms with Gasteiger partial charge in [0.25, 0.3) is 0 Å². The summed E-state index contributed by atoms with van der Waals surface area (Å²) in [6, 6.07) is 12.5. The topological polar surface area (TPSA) is 36.4 Å². The van der Waals surface area contributed by atoms with E-state index in [-0.39, 0.29) is 0 Å². The van der Waals surface area contributed by atoms with Crippen LogP contribution in [0.25, 0.3) is 10.2 Å². The minimum Gasteiger partial charge on any atom is -0.340 e. The van der Waals surface area contributed by atoms with Crippen LogP contribution in [0, 0.1) is 0 Å². The van der Waals surface area contributed by atoms with E-state index in [9.17, 15) is 4.79 Å². The third kappa shape index (κ3) is 4.31. The van der Waals surface area contributed by atoms with Crippen LogP contribution in [-0.4, -0.2) is 46.9 Å². The highest BCUT2D eigenvalue weighted by Crippen LogP contribution is 2.23. The van der Waals surface area contributed by atoms with Crippen LogP contribution in [0.1, 0.15) is 22.7 Å². The summed E-state index contributed by atoms with van der Waals surface area (Å²) >= 11 is 3.55. The first-order chi connectivity index (χ1) is 12.8. The quantitative estimate of drug-likeness (QED) is 0.643. The number of piperazine rings is 1. The second-order valence-electron chi connectivity index (χ2n) is 6.67. The Morgan fingerprint density at radius 3 is 2.69 bits per heavy atom. The van der Waals surface area contributed by atoms with Crippen molar-refractivity contribution in [3.63, 3.8) is 0 Å². The smallest absolute Gasteiger partial charge is 0.222 e. The summed E-state index contributed by atoms with van der Waals surface area (Å²) in [5.41, 5.74) is 1.09. The standard InChI is InChI=1S/C20H23N3OS2/c24-20(9-3-5-16-6-4-14-25-16)23-12-10-22(11-13-23)15-19-21-17-7-1-2-8-18(17)26-19/h1-2,4,6-8,14H,3,5,9-13,15H2. The maximum Gasteiger partial charge on any atom is 0.222 e. The largest absolute Gasteiger partial charge is 0.340 e. The third-order valence-corrected chi connectivity index (χ3v) is 6.77. The molecule has 0 N–H and O–H groups in total. The summed E-state index contributed by atoms with van der Waals surface area (Å²) in [7, 11) is 0. The fourth-order valence-corrected chi connectivity index (χ4v) is 5.12. The first-order valence-electron chi connectivity index (χ1n) is 9.15. The van der Waals surface area contributed by atoms with Gasteiger partial charge in [-0.05, 0) is 36.4 Å². The molecule has 0 spiro atoms. The normalized spacial score (nSPS) is 15.6. The fourth-order valence-electron chi connectivity index (χ4n) is 3.36. The maximum atomic E-state index is 12.4. The number of aromatic nitrogens is 1. The van der Waals surface area contributed by atoms with Gasteiger partial charge in [-0.15, -0.1) is 22.7 Å². The number of amides is 1. The molecule has 4 nitrogen and oxygen atoms in total. The Labute approximate surface area is 162 Å². The molecule has 136 valence electrons. The molecule has 1 aromatic carbocycles. The summed E-state index contributed by atoms with van der Waals surface area (Å²) in [6.07, 6.45) is 2.63. The molecular weight excluding hydrogens is 362 g/mol. The molecule has 0 unspecified atom stereocenters. The van der Waals surface area contributed by atoms with E-state index >= 15 is 0 Å². The predicted octanol–water partition coefficient (Wildman–Crippen LogP) is 4.02. The zero-order valence-electron chi connectivity index (χ0n) is 14.8. The van der Waals surface area contributed by atoms with Gasteiger partial charge in [-0.25, -0.2) is 4.98 Å². The van der Waals surface area contributed by atoms with Gasteiger partial charge in [-0.1, -0.05) is 18.2 Å². The molecule has 26 heavy (non-hydrogen) atoms. The average Bonchev–Trinajstić information content (AvgIpc) is 3.31. The highest BCUT2D eigenvalue weighted by molar-refractivity contribution is 7.18. The van der Waals surface area contributed by atoms with Crippen molar-refractivity contribution in [3.05, 3.63) is 51.7 Å². The second-order valence-corrected chi connectivity index (χ2v) is 8.81. The molecular formula is C20H23N3OS2. The summed E-state index contributed by atoms with van der Waals surface area (Å²) in [5.74, 6) is 0.307.